The fourth-order valence-electron chi connectivity index (χ4n) is 2.11. The zero-order valence-electron chi connectivity index (χ0n) is 10.8. The third-order valence-electron chi connectivity index (χ3n) is 3.15. The Bertz CT molecular complexity index is 635. The lowest BCUT2D eigenvalue weighted by molar-refractivity contribution is -0.126. The normalized spacial score (nSPS) is 18.6. The van der Waals surface area contributed by atoms with Gasteiger partial charge in [-0.25, -0.2) is 4.98 Å². The van der Waals surface area contributed by atoms with Crippen molar-refractivity contribution >= 4 is 23.2 Å². The Hall–Kier alpha value is -2.15. The predicted molar refractivity (Wildman–Crippen MR) is 73.3 cm³/mol. The summed E-state index contributed by atoms with van der Waals surface area (Å²) < 4.78 is 5.24. The van der Waals surface area contributed by atoms with E-state index in [1.165, 1.54) is 11.3 Å². The number of hydrogen-bond acceptors (Lipinski definition) is 5. The molecule has 7 heteroatoms. The van der Waals surface area contributed by atoms with Crippen molar-refractivity contribution in [3.05, 3.63) is 29.5 Å². The Morgan fingerprint density at radius 1 is 1.60 bits per heavy atom. The van der Waals surface area contributed by atoms with Gasteiger partial charge < -0.3 is 14.6 Å². The van der Waals surface area contributed by atoms with E-state index in [-0.39, 0.29) is 17.9 Å². The molecule has 0 unspecified atom stereocenters. The number of nitrogens with zero attached hydrogens (tertiary/aromatic N) is 2. The van der Waals surface area contributed by atoms with Crippen molar-refractivity contribution in [2.24, 2.45) is 0 Å². The fourth-order valence-corrected chi connectivity index (χ4v) is 2.88. The number of amides is 2. The molecule has 0 bridgehead atoms. The average molecular weight is 291 g/mol. The molecule has 0 aliphatic carbocycles. The average Bonchev–Trinajstić information content (AvgIpc) is 3.12. The van der Waals surface area contributed by atoms with Crippen LogP contribution in [0.15, 0.2) is 28.2 Å². The van der Waals surface area contributed by atoms with Gasteiger partial charge in [-0.05, 0) is 12.1 Å². The van der Waals surface area contributed by atoms with Crippen molar-refractivity contribution in [1.29, 1.82) is 0 Å². The zero-order chi connectivity index (χ0) is 14.1. The van der Waals surface area contributed by atoms with E-state index < -0.39 is 0 Å². The molecule has 0 saturated carbocycles. The first-order valence-corrected chi connectivity index (χ1v) is 7.05. The zero-order valence-corrected chi connectivity index (χ0v) is 11.6. The second kappa shape index (κ2) is 5.09. The standard InChI is InChI=1S/C13H13N3O3S/c1-16-6-8(5-11(16)17)14-12(18)9-7-20-13(15-9)10-3-2-4-19-10/h2-4,7-8H,5-6H2,1H3,(H,14,18)/t8-/m0/s1. The van der Waals surface area contributed by atoms with E-state index in [4.69, 9.17) is 4.42 Å². The summed E-state index contributed by atoms with van der Waals surface area (Å²) in [5.41, 5.74) is 0.350. The summed E-state index contributed by atoms with van der Waals surface area (Å²) >= 11 is 1.35. The summed E-state index contributed by atoms with van der Waals surface area (Å²) in [5.74, 6) is 0.432. The van der Waals surface area contributed by atoms with Crippen molar-refractivity contribution in [3.8, 4) is 10.8 Å². The Balaban J connectivity index is 1.68. The SMILES string of the molecule is CN1C[C@@H](NC(=O)c2csc(-c3ccco3)n2)CC1=O. The molecule has 1 aliphatic rings. The first-order valence-electron chi connectivity index (χ1n) is 6.17. The molecule has 6 nitrogen and oxygen atoms in total. The molecule has 1 atom stereocenters. The summed E-state index contributed by atoms with van der Waals surface area (Å²) in [6, 6.07) is 3.43. The second-order valence-corrected chi connectivity index (χ2v) is 5.52. The summed E-state index contributed by atoms with van der Waals surface area (Å²) in [7, 11) is 1.73. The Kier molecular flexibility index (Phi) is 3.27. The van der Waals surface area contributed by atoms with E-state index >= 15 is 0 Å². The first kappa shape index (κ1) is 12.9. The molecule has 20 heavy (non-hydrogen) atoms. The topological polar surface area (TPSA) is 75.4 Å². The quantitative estimate of drug-likeness (QED) is 0.926. The molecule has 3 heterocycles. The third-order valence-corrected chi connectivity index (χ3v) is 4.00. The molecule has 1 N–H and O–H groups in total. The Labute approximate surface area is 119 Å². The highest BCUT2D eigenvalue weighted by atomic mass is 32.1. The summed E-state index contributed by atoms with van der Waals surface area (Å²) in [4.78, 5) is 29.3. The maximum absolute atomic E-state index is 12.1. The molecule has 2 amide bonds. The number of furan rings is 1. The number of nitrogens with one attached hydrogen (secondary N) is 1. The van der Waals surface area contributed by atoms with Crippen LogP contribution in [0.5, 0.6) is 0 Å². The van der Waals surface area contributed by atoms with E-state index in [1.807, 2.05) is 0 Å². The number of thiazole rings is 1. The van der Waals surface area contributed by atoms with Gasteiger partial charge in [0, 0.05) is 25.4 Å². The van der Waals surface area contributed by atoms with Gasteiger partial charge in [0.1, 0.15) is 5.69 Å². The molecule has 2 aromatic heterocycles. The van der Waals surface area contributed by atoms with Crippen LogP contribution in [0, 0.1) is 0 Å². The Morgan fingerprint density at radius 3 is 3.10 bits per heavy atom. The van der Waals surface area contributed by atoms with Crippen LogP contribution in [0.2, 0.25) is 0 Å². The van der Waals surface area contributed by atoms with Crippen LogP contribution in [0.4, 0.5) is 0 Å². The van der Waals surface area contributed by atoms with Gasteiger partial charge in [0.25, 0.3) is 5.91 Å². The van der Waals surface area contributed by atoms with Crippen LogP contribution in [0.3, 0.4) is 0 Å². The molecule has 3 rings (SSSR count). The number of hydrogen-bond donors (Lipinski definition) is 1. The van der Waals surface area contributed by atoms with E-state index in [2.05, 4.69) is 10.3 Å². The van der Waals surface area contributed by atoms with Crippen molar-refractivity contribution in [2.75, 3.05) is 13.6 Å². The van der Waals surface area contributed by atoms with Gasteiger partial charge >= 0.3 is 0 Å². The van der Waals surface area contributed by atoms with Crippen LogP contribution < -0.4 is 5.32 Å². The lowest BCUT2D eigenvalue weighted by Gasteiger charge is -2.11. The number of carbonyl (C=O) groups is 2. The van der Waals surface area contributed by atoms with E-state index in [0.29, 0.717) is 29.4 Å². The molecule has 2 aromatic rings. The van der Waals surface area contributed by atoms with Gasteiger partial charge in [-0.3, -0.25) is 9.59 Å². The monoisotopic (exact) mass is 291 g/mol. The number of rotatable bonds is 3. The van der Waals surface area contributed by atoms with Crippen molar-refractivity contribution in [3.63, 3.8) is 0 Å². The second-order valence-electron chi connectivity index (χ2n) is 4.66. The molecule has 0 spiro atoms. The molecule has 104 valence electrons. The molecule has 0 aromatic carbocycles. The lowest BCUT2D eigenvalue weighted by Crippen LogP contribution is -2.36. The smallest absolute Gasteiger partial charge is 0.271 e. The minimum atomic E-state index is -0.257. The molecule has 0 radical (unpaired) electrons. The fraction of sp³-hybridized carbons (Fsp3) is 0.308. The number of likely N-dealkylation sites (tertiary alicyclic amines) is 1. The van der Waals surface area contributed by atoms with Crippen molar-refractivity contribution < 1.29 is 14.0 Å². The molecule has 1 fully saturated rings. The highest BCUT2D eigenvalue weighted by molar-refractivity contribution is 7.13. The summed E-state index contributed by atoms with van der Waals surface area (Å²) in [6.45, 7) is 0.541. The van der Waals surface area contributed by atoms with Crippen molar-refractivity contribution in [2.45, 2.75) is 12.5 Å². The lowest BCUT2D eigenvalue weighted by atomic mass is 10.2. The maximum Gasteiger partial charge on any atom is 0.271 e. The summed E-state index contributed by atoms with van der Waals surface area (Å²) in [6.07, 6.45) is 1.91. The van der Waals surface area contributed by atoms with Gasteiger partial charge in [-0.2, -0.15) is 0 Å². The van der Waals surface area contributed by atoms with Gasteiger partial charge in [0.15, 0.2) is 10.8 Å². The van der Waals surface area contributed by atoms with Crippen LogP contribution in [-0.4, -0.2) is 41.3 Å². The van der Waals surface area contributed by atoms with Gasteiger partial charge in [-0.1, -0.05) is 0 Å². The molecule has 1 aliphatic heterocycles. The van der Waals surface area contributed by atoms with Gasteiger partial charge in [-0.15, -0.1) is 11.3 Å². The minimum Gasteiger partial charge on any atom is -0.462 e. The summed E-state index contributed by atoms with van der Waals surface area (Å²) in [5, 5.41) is 5.18. The number of carbonyl (C=O) groups excluding carboxylic acids is 2. The van der Waals surface area contributed by atoms with Crippen LogP contribution in [0.1, 0.15) is 16.9 Å². The molecular formula is C13H13N3O3S. The Morgan fingerprint density at radius 2 is 2.45 bits per heavy atom. The first-order chi connectivity index (χ1) is 9.63. The maximum atomic E-state index is 12.1. The van der Waals surface area contributed by atoms with Crippen molar-refractivity contribution in [1.82, 2.24) is 15.2 Å². The third kappa shape index (κ3) is 2.44. The predicted octanol–water partition coefficient (Wildman–Crippen LogP) is 1.36. The van der Waals surface area contributed by atoms with Gasteiger partial charge in [0.2, 0.25) is 5.91 Å². The van der Waals surface area contributed by atoms with Crippen LogP contribution >= 0.6 is 11.3 Å². The van der Waals surface area contributed by atoms with E-state index in [1.54, 1.807) is 35.7 Å². The highest BCUT2D eigenvalue weighted by Crippen LogP contribution is 2.24. The van der Waals surface area contributed by atoms with E-state index in [0.717, 1.165) is 0 Å². The van der Waals surface area contributed by atoms with E-state index in [9.17, 15) is 9.59 Å². The van der Waals surface area contributed by atoms with Gasteiger partial charge in [0.05, 0.1) is 12.3 Å². The number of likely N-dealkylation sites (N-methyl/N-ethyl adjacent to an activating group) is 1. The minimum absolute atomic E-state index is 0.0462. The largest absolute Gasteiger partial charge is 0.462 e. The molecular weight excluding hydrogens is 278 g/mol. The van der Waals surface area contributed by atoms with Crippen LogP contribution in [0.25, 0.3) is 10.8 Å². The van der Waals surface area contributed by atoms with Crippen LogP contribution in [-0.2, 0) is 4.79 Å². The number of aromatic nitrogens is 1. The highest BCUT2D eigenvalue weighted by Gasteiger charge is 2.28. The molecule has 1 saturated heterocycles.